The summed E-state index contributed by atoms with van der Waals surface area (Å²) in [6.45, 7) is 1.98. The van der Waals surface area contributed by atoms with E-state index >= 15 is 0 Å². The Kier molecular flexibility index (Phi) is 4.72. The van der Waals surface area contributed by atoms with Gasteiger partial charge in [-0.1, -0.05) is 29.8 Å². The topological polar surface area (TPSA) is 47.9 Å². The third-order valence-corrected chi connectivity index (χ3v) is 3.04. The first-order chi connectivity index (χ1) is 10.1. The molecule has 0 aromatic heterocycles. The Hall–Kier alpha value is -2.62. The molecule has 4 nitrogen and oxygen atoms in total. The van der Waals surface area contributed by atoms with Gasteiger partial charge in [0.25, 0.3) is 0 Å². The quantitative estimate of drug-likeness (QED) is 0.622. The van der Waals surface area contributed by atoms with Crippen LogP contribution < -0.4 is 9.47 Å². The SMILES string of the molecule is COc1ccc(OC)c(N=CC(=O)c2ccc(C)cc2)c1. The summed E-state index contributed by atoms with van der Waals surface area (Å²) in [6.07, 6.45) is 1.29. The van der Waals surface area contributed by atoms with Gasteiger partial charge in [-0.05, 0) is 19.1 Å². The predicted octanol–water partition coefficient (Wildman–Crippen LogP) is 3.60. The highest BCUT2D eigenvalue weighted by atomic mass is 16.5. The first-order valence-electron chi connectivity index (χ1n) is 6.51. The zero-order chi connectivity index (χ0) is 15.2. The number of nitrogens with zero attached hydrogens (tertiary/aromatic N) is 1. The van der Waals surface area contributed by atoms with Crippen LogP contribution in [0.3, 0.4) is 0 Å². The van der Waals surface area contributed by atoms with Crippen LogP contribution in [0.1, 0.15) is 15.9 Å². The summed E-state index contributed by atoms with van der Waals surface area (Å²) < 4.78 is 10.4. The van der Waals surface area contributed by atoms with Crippen molar-refractivity contribution < 1.29 is 14.3 Å². The second kappa shape index (κ2) is 6.70. The molecular formula is C17H17NO3. The fourth-order valence-electron chi connectivity index (χ4n) is 1.82. The van der Waals surface area contributed by atoms with Crippen LogP contribution in [0.25, 0.3) is 0 Å². The predicted molar refractivity (Wildman–Crippen MR) is 83.2 cm³/mol. The van der Waals surface area contributed by atoms with E-state index in [4.69, 9.17) is 9.47 Å². The van der Waals surface area contributed by atoms with Gasteiger partial charge in [-0.3, -0.25) is 4.79 Å². The Morgan fingerprint density at radius 3 is 2.38 bits per heavy atom. The molecule has 0 aliphatic carbocycles. The van der Waals surface area contributed by atoms with Gasteiger partial charge in [0.2, 0.25) is 5.78 Å². The zero-order valence-corrected chi connectivity index (χ0v) is 12.3. The molecule has 0 N–H and O–H groups in total. The van der Waals surface area contributed by atoms with Gasteiger partial charge < -0.3 is 9.47 Å². The number of benzene rings is 2. The molecule has 2 aromatic carbocycles. The van der Waals surface area contributed by atoms with E-state index in [0.717, 1.165) is 5.56 Å². The molecule has 0 unspecified atom stereocenters. The highest BCUT2D eigenvalue weighted by Crippen LogP contribution is 2.31. The molecule has 0 saturated heterocycles. The van der Waals surface area contributed by atoms with Crippen molar-refractivity contribution in [3.63, 3.8) is 0 Å². The van der Waals surface area contributed by atoms with Gasteiger partial charge in [0.15, 0.2) is 0 Å². The van der Waals surface area contributed by atoms with Crippen LogP contribution in [0.15, 0.2) is 47.5 Å². The number of methoxy groups -OCH3 is 2. The summed E-state index contributed by atoms with van der Waals surface area (Å²) in [5, 5.41) is 0. The minimum atomic E-state index is -0.153. The minimum Gasteiger partial charge on any atom is -0.497 e. The number of carbonyl (C=O) groups is 1. The molecule has 0 radical (unpaired) electrons. The van der Waals surface area contributed by atoms with Crippen molar-refractivity contribution in [1.82, 2.24) is 0 Å². The number of hydrogen-bond donors (Lipinski definition) is 0. The van der Waals surface area contributed by atoms with E-state index < -0.39 is 0 Å². The number of carbonyl (C=O) groups excluding carboxylic acids is 1. The number of hydrogen-bond acceptors (Lipinski definition) is 4. The number of aryl methyl sites for hydroxylation is 1. The molecule has 0 bridgehead atoms. The lowest BCUT2D eigenvalue weighted by atomic mass is 10.1. The highest BCUT2D eigenvalue weighted by molar-refractivity contribution is 6.35. The average molecular weight is 283 g/mol. The summed E-state index contributed by atoms with van der Waals surface area (Å²) in [7, 11) is 3.13. The third kappa shape index (κ3) is 3.69. The van der Waals surface area contributed by atoms with Crippen molar-refractivity contribution in [1.29, 1.82) is 0 Å². The maximum absolute atomic E-state index is 12.1. The Morgan fingerprint density at radius 1 is 1.05 bits per heavy atom. The largest absolute Gasteiger partial charge is 0.497 e. The van der Waals surface area contributed by atoms with E-state index in [0.29, 0.717) is 22.7 Å². The Labute approximate surface area is 124 Å². The van der Waals surface area contributed by atoms with Crippen molar-refractivity contribution in [2.75, 3.05) is 14.2 Å². The summed E-state index contributed by atoms with van der Waals surface area (Å²) in [5.74, 6) is 1.09. The molecule has 0 fully saturated rings. The van der Waals surface area contributed by atoms with Crippen molar-refractivity contribution in [3.05, 3.63) is 53.6 Å². The van der Waals surface area contributed by atoms with E-state index in [1.165, 1.54) is 6.21 Å². The van der Waals surface area contributed by atoms with Gasteiger partial charge in [0.1, 0.15) is 17.2 Å². The summed E-state index contributed by atoms with van der Waals surface area (Å²) >= 11 is 0. The van der Waals surface area contributed by atoms with Crippen LogP contribution in [-0.2, 0) is 0 Å². The van der Waals surface area contributed by atoms with Crippen molar-refractivity contribution in [2.45, 2.75) is 6.92 Å². The fraction of sp³-hybridized carbons (Fsp3) is 0.176. The van der Waals surface area contributed by atoms with Gasteiger partial charge >= 0.3 is 0 Å². The Morgan fingerprint density at radius 2 is 1.76 bits per heavy atom. The second-order valence-electron chi connectivity index (χ2n) is 4.53. The van der Waals surface area contributed by atoms with Crippen LogP contribution in [-0.4, -0.2) is 26.2 Å². The molecule has 4 heteroatoms. The van der Waals surface area contributed by atoms with E-state index in [9.17, 15) is 4.79 Å². The summed E-state index contributed by atoms with van der Waals surface area (Å²) in [4.78, 5) is 16.3. The molecule has 21 heavy (non-hydrogen) atoms. The first kappa shape index (κ1) is 14.8. The number of aliphatic imine (C=N–C) groups is 1. The molecule has 2 aromatic rings. The molecule has 0 aliphatic rings. The molecule has 0 saturated carbocycles. The average Bonchev–Trinajstić information content (AvgIpc) is 2.52. The Bertz CT molecular complexity index is 660. The Balaban J connectivity index is 2.24. The fourth-order valence-corrected chi connectivity index (χ4v) is 1.82. The van der Waals surface area contributed by atoms with Gasteiger partial charge in [-0.15, -0.1) is 0 Å². The first-order valence-corrected chi connectivity index (χ1v) is 6.51. The third-order valence-electron chi connectivity index (χ3n) is 3.04. The maximum atomic E-state index is 12.1. The van der Waals surface area contributed by atoms with Gasteiger partial charge in [-0.2, -0.15) is 0 Å². The lowest BCUT2D eigenvalue weighted by molar-refractivity contribution is 0.107. The second-order valence-corrected chi connectivity index (χ2v) is 4.53. The van der Waals surface area contributed by atoms with Crippen molar-refractivity contribution >= 4 is 17.7 Å². The van der Waals surface area contributed by atoms with Crippen LogP contribution >= 0.6 is 0 Å². The van der Waals surface area contributed by atoms with Crippen molar-refractivity contribution in [2.24, 2.45) is 4.99 Å². The molecule has 2 rings (SSSR count). The molecule has 0 atom stereocenters. The van der Waals surface area contributed by atoms with Crippen LogP contribution in [0, 0.1) is 6.92 Å². The number of rotatable bonds is 5. The van der Waals surface area contributed by atoms with Gasteiger partial charge in [0, 0.05) is 11.6 Å². The van der Waals surface area contributed by atoms with Crippen LogP contribution in [0.5, 0.6) is 11.5 Å². The van der Waals surface area contributed by atoms with Crippen molar-refractivity contribution in [3.8, 4) is 11.5 Å². The van der Waals surface area contributed by atoms with E-state index in [1.54, 1.807) is 44.6 Å². The monoisotopic (exact) mass is 283 g/mol. The standard InChI is InChI=1S/C17H17NO3/c1-12-4-6-13(7-5-12)16(19)11-18-15-10-14(20-2)8-9-17(15)21-3/h4-11H,1-3H3. The van der Waals surface area contributed by atoms with Gasteiger partial charge in [-0.25, -0.2) is 4.99 Å². The molecule has 108 valence electrons. The van der Waals surface area contributed by atoms with E-state index in [-0.39, 0.29) is 5.78 Å². The molecular weight excluding hydrogens is 266 g/mol. The minimum absolute atomic E-state index is 0.153. The normalized spacial score (nSPS) is 10.6. The number of Topliss-reactive ketones (excluding diaryl/α,β-unsaturated/α-hetero) is 1. The number of ether oxygens (including phenoxy) is 2. The lowest BCUT2D eigenvalue weighted by Gasteiger charge is -2.06. The molecule has 0 aliphatic heterocycles. The molecule has 0 heterocycles. The van der Waals surface area contributed by atoms with Gasteiger partial charge in [0.05, 0.1) is 20.4 Å². The van der Waals surface area contributed by atoms with E-state index in [2.05, 4.69) is 4.99 Å². The lowest BCUT2D eigenvalue weighted by Crippen LogP contribution is -1.99. The van der Waals surface area contributed by atoms with Crippen LogP contribution in [0.4, 0.5) is 5.69 Å². The number of ketones is 1. The van der Waals surface area contributed by atoms with Crippen LogP contribution in [0.2, 0.25) is 0 Å². The summed E-state index contributed by atoms with van der Waals surface area (Å²) in [6, 6.07) is 12.6. The van der Waals surface area contributed by atoms with E-state index in [1.807, 2.05) is 19.1 Å². The smallest absolute Gasteiger partial charge is 0.204 e. The molecule has 0 amide bonds. The molecule has 0 spiro atoms. The maximum Gasteiger partial charge on any atom is 0.204 e. The zero-order valence-electron chi connectivity index (χ0n) is 12.3. The highest BCUT2D eigenvalue weighted by Gasteiger charge is 2.05. The summed E-state index contributed by atoms with van der Waals surface area (Å²) in [5.41, 5.74) is 2.27.